The highest BCUT2D eigenvalue weighted by Gasteiger charge is 2.30. The number of carbonyl (C=O) groups is 2. The van der Waals surface area contributed by atoms with Crippen LogP contribution in [0, 0.1) is 23.7 Å². The molecule has 0 bridgehead atoms. The Morgan fingerprint density at radius 3 is 1.39 bits per heavy atom. The number of esters is 2. The molecule has 31 heavy (non-hydrogen) atoms. The number of hydrogen-bond donors (Lipinski definition) is 0. The minimum Gasteiger partial charge on any atom is -0.469 e. The van der Waals surface area contributed by atoms with E-state index < -0.39 is 18.9 Å². The van der Waals surface area contributed by atoms with Gasteiger partial charge >= 0.3 is 11.9 Å². The predicted octanol–water partition coefficient (Wildman–Crippen LogP) is 2.93. The molecule has 8 nitrogen and oxygen atoms in total. The van der Waals surface area contributed by atoms with Crippen molar-refractivity contribution in [2.75, 3.05) is 31.5 Å². The van der Waals surface area contributed by atoms with Crippen LogP contribution in [0.2, 0.25) is 0 Å². The van der Waals surface area contributed by atoms with E-state index in [1.807, 2.05) is 0 Å². The Balaban J connectivity index is 0.000000311. The van der Waals surface area contributed by atoms with E-state index >= 15 is 0 Å². The highest BCUT2D eigenvalue weighted by atomic mass is 35.7. The number of carbonyl (C=O) groups excluding carboxylic acids is 2. The first-order valence-electron chi connectivity index (χ1n) is 10.7. The molecule has 2 aliphatic rings. The van der Waals surface area contributed by atoms with Crippen molar-refractivity contribution >= 4 is 41.5 Å². The highest BCUT2D eigenvalue weighted by Crippen LogP contribution is 2.31. The van der Waals surface area contributed by atoms with Crippen LogP contribution in [0.4, 0.5) is 0 Å². The fourth-order valence-corrected chi connectivity index (χ4v) is 6.94. The fraction of sp³-hybridized carbons (Fsp3) is 0.900. The monoisotopic (exact) mass is 502 g/mol. The molecule has 11 heteroatoms. The Morgan fingerprint density at radius 2 is 1.10 bits per heavy atom. The number of hydrogen-bond acceptors (Lipinski definition) is 8. The molecular weight excluding hydrogens is 468 g/mol. The summed E-state index contributed by atoms with van der Waals surface area (Å²) in [6.45, 7) is 1.68. The Morgan fingerprint density at radius 1 is 0.742 bits per heavy atom. The second-order valence-corrected chi connectivity index (χ2v) is 13.6. The number of rotatable bonds is 7. The maximum Gasteiger partial charge on any atom is 0.308 e. The summed E-state index contributed by atoms with van der Waals surface area (Å²) < 4.78 is 53.9. The van der Waals surface area contributed by atoms with Crippen LogP contribution in [0.25, 0.3) is 0 Å². The molecule has 0 spiro atoms. The molecule has 2 aliphatic carbocycles. The maximum atomic E-state index is 11.4. The quantitative estimate of drug-likeness (QED) is 0.384. The summed E-state index contributed by atoms with van der Waals surface area (Å²) in [4.78, 5) is 22.5. The van der Waals surface area contributed by atoms with Crippen LogP contribution in [0.1, 0.15) is 58.3 Å². The zero-order chi connectivity index (χ0) is 23.7. The fourth-order valence-electron chi connectivity index (χ4n) is 4.22. The van der Waals surface area contributed by atoms with Gasteiger partial charge in [0.15, 0.2) is 0 Å². The second-order valence-electron chi connectivity index (χ2n) is 8.39. The van der Waals surface area contributed by atoms with E-state index in [1.54, 1.807) is 6.92 Å². The number of ether oxygens (including phenoxy) is 2. The molecule has 2 fully saturated rings. The lowest BCUT2D eigenvalue weighted by atomic mass is 9.83. The van der Waals surface area contributed by atoms with Crippen molar-refractivity contribution in [2.45, 2.75) is 58.3 Å². The molecule has 0 unspecified atom stereocenters. The van der Waals surface area contributed by atoms with Crippen LogP contribution in [-0.4, -0.2) is 60.3 Å². The smallest absolute Gasteiger partial charge is 0.308 e. The zero-order valence-corrected chi connectivity index (χ0v) is 20.9. The topological polar surface area (TPSA) is 121 Å². The molecule has 0 aromatic heterocycles. The SMILES string of the molecule is CCS(=O)(=O)CC1CCC(C(=O)OC)CC1.COC(=O)C1CCC(CS(=O)(=O)Cl)CC1. The summed E-state index contributed by atoms with van der Waals surface area (Å²) in [5, 5.41) is 0. The molecular formula is C20H35ClO8S2. The average Bonchev–Trinajstić information content (AvgIpc) is 2.73. The van der Waals surface area contributed by atoms with E-state index in [9.17, 15) is 26.4 Å². The van der Waals surface area contributed by atoms with Gasteiger partial charge in [0.2, 0.25) is 9.05 Å². The lowest BCUT2D eigenvalue weighted by molar-refractivity contribution is -0.147. The Kier molecular flexibility index (Phi) is 11.8. The molecule has 182 valence electrons. The van der Waals surface area contributed by atoms with Crippen LogP contribution in [0.5, 0.6) is 0 Å². The normalized spacial score (nSPS) is 26.8. The molecule has 0 N–H and O–H groups in total. The zero-order valence-electron chi connectivity index (χ0n) is 18.5. The molecule has 2 rings (SSSR count). The largest absolute Gasteiger partial charge is 0.469 e. The van der Waals surface area contributed by atoms with E-state index in [4.69, 9.17) is 10.7 Å². The summed E-state index contributed by atoms with van der Waals surface area (Å²) in [6, 6.07) is 0. The van der Waals surface area contributed by atoms with Crippen LogP contribution in [0.3, 0.4) is 0 Å². The number of sulfone groups is 1. The van der Waals surface area contributed by atoms with Gasteiger partial charge < -0.3 is 9.47 Å². The van der Waals surface area contributed by atoms with Crippen molar-refractivity contribution in [1.82, 2.24) is 0 Å². The Hall–Kier alpha value is -0.870. The average molecular weight is 503 g/mol. The second kappa shape index (κ2) is 13.0. The van der Waals surface area contributed by atoms with Gasteiger partial charge in [0, 0.05) is 16.4 Å². The number of methoxy groups -OCH3 is 2. The van der Waals surface area contributed by atoms with Crippen LogP contribution in [0.15, 0.2) is 0 Å². The summed E-state index contributed by atoms with van der Waals surface area (Å²) in [6.07, 6.45) is 6.01. The third kappa shape index (κ3) is 11.0. The van der Waals surface area contributed by atoms with Gasteiger partial charge in [0.05, 0.1) is 37.6 Å². The van der Waals surface area contributed by atoms with Gasteiger partial charge in [-0.05, 0) is 63.2 Å². The molecule has 0 aromatic rings. The van der Waals surface area contributed by atoms with Gasteiger partial charge in [-0.3, -0.25) is 9.59 Å². The van der Waals surface area contributed by atoms with Gasteiger partial charge in [-0.1, -0.05) is 6.92 Å². The third-order valence-electron chi connectivity index (χ3n) is 6.13. The Bertz CT molecular complexity index is 778. The van der Waals surface area contributed by atoms with Crippen LogP contribution < -0.4 is 0 Å². The molecule has 0 amide bonds. The molecule has 0 atom stereocenters. The molecule has 0 heterocycles. The highest BCUT2D eigenvalue weighted by molar-refractivity contribution is 8.13. The van der Waals surface area contributed by atoms with Gasteiger partial charge in [-0.2, -0.15) is 0 Å². The standard InChI is InChI=1S/C11H20O4S.C9H15ClO4S/c1-3-16(13,14)8-9-4-6-10(7-5-9)11(12)15-2;1-14-9(11)8-4-2-7(3-5-8)6-15(10,12)13/h9-10H,3-8H2,1-2H3;7-8H,2-6H2,1H3. The molecule has 0 aromatic carbocycles. The minimum absolute atomic E-state index is 0.0163. The summed E-state index contributed by atoms with van der Waals surface area (Å²) >= 11 is 0. The first kappa shape index (κ1) is 28.2. The van der Waals surface area contributed by atoms with Crippen molar-refractivity contribution in [3.8, 4) is 0 Å². The molecule has 2 saturated carbocycles. The molecule has 0 saturated heterocycles. The van der Waals surface area contributed by atoms with Gasteiger partial charge in [-0.15, -0.1) is 0 Å². The van der Waals surface area contributed by atoms with E-state index in [0.29, 0.717) is 12.8 Å². The third-order valence-corrected chi connectivity index (χ3v) is 9.23. The van der Waals surface area contributed by atoms with Crippen molar-refractivity contribution in [3.05, 3.63) is 0 Å². The van der Waals surface area contributed by atoms with Gasteiger partial charge in [0.25, 0.3) is 0 Å². The van der Waals surface area contributed by atoms with E-state index in [0.717, 1.165) is 38.5 Å². The summed E-state index contributed by atoms with van der Waals surface area (Å²) in [7, 11) is 1.66. The lowest BCUT2D eigenvalue weighted by Gasteiger charge is -2.26. The molecule has 0 radical (unpaired) electrons. The number of halogens is 1. The summed E-state index contributed by atoms with van der Waals surface area (Å²) in [5.41, 5.74) is 0. The van der Waals surface area contributed by atoms with E-state index in [1.165, 1.54) is 14.2 Å². The van der Waals surface area contributed by atoms with Crippen molar-refractivity contribution in [3.63, 3.8) is 0 Å². The van der Waals surface area contributed by atoms with E-state index in [2.05, 4.69) is 9.47 Å². The van der Waals surface area contributed by atoms with Gasteiger partial charge in [0.1, 0.15) is 9.84 Å². The molecule has 0 aliphatic heterocycles. The minimum atomic E-state index is -3.41. The van der Waals surface area contributed by atoms with Crippen molar-refractivity contribution < 1.29 is 35.9 Å². The first-order chi connectivity index (χ1) is 14.4. The lowest BCUT2D eigenvalue weighted by Crippen LogP contribution is -2.27. The van der Waals surface area contributed by atoms with Crippen molar-refractivity contribution in [2.24, 2.45) is 23.7 Å². The summed E-state index contributed by atoms with van der Waals surface area (Å²) in [5.74, 6) is 0.386. The van der Waals surface area contributed by atoms with Crippen LogP contribution in [-0.2, 0) is 38.0 Å². The van der Waals surface area contributed by atoms with Gasteiger partial charge in [-0.25, -0.2) is 16.8 Å². The maximum absolute atomic E-state index is 11.4. The van der Waals surface area contributed by atoms with Crippen LogP contribution >= 0.6 is 10.7 Å². The van der Waals surface area contributed by atoms with E-state index in [-0.39, 0.29) is 52.9 Å². The van der Waals surface area contributed by atoms with Crippen molar-refractivity contribution in [1.29, 1.82) is 0 Å². The first-order valence-corrected chi connectivity index (χ1v) is 15.0. The Labute approximate surface area is 190 Å². The predicted molar refractivity (Wildman–Crippen MR) is 119 cm³/mol.